The summed E-state index contributed by atoms with van der Waals surface area (Å²) in [5.74, 6) is 3.92. The minimum Gasteiger partial charge on any atom is -0.369 e. The van der Waals surface area contributed by atoms with Gasteiger partial charge in [0, 0.05) is 6.54 Å². The fraction of sp³-hybridized carbons (Fsp3) is 0.556. The summed E-state index contributed by atoms with van der Waals surface area (Å²) in [6.45, 7) is 5.10. The topological polar surface area (TPSA) is 72.2 Å². The quantitative estimate of drug-likeness (QED) is 0.585. The van der Waals surface area contributed by atoms with Gasteiger partial charge in [0.1, 0.15) is 0 Å². The average molecular weight is 182 g/mol. The van der Waals surface area contributed by atoms with Crippen molar-refractivity contribution in [1.82, 2.24) is 5.32 Å². The molecule has 72 valence electrons. The predicted molar refractivity (Wildman–Crippen MR) is 49.4 cm³/mol. The molecule has 0 aromatic carbocycles. The van der Waals surface area contributed by atoms with Crippen molar-refractivity contribution in [1.29, 1.82) is 0 Å². The fourth-order valence-electron chi connectivity index (χ4n) is 0.546. The maximum Gasteiger partial charge on any atom is 0.295 e. The number of primary amides is 1. The van der Waals surface area contributed by atoms with Crippen molar-refractivity contribution in [2.45, 2.75) is 20.8 Å². The van der Waals surface area contributed by atoms with Crippen molar-refractivity contribution < 1.29 is 9.59 Å². The van der Waals surface area contributed by atoms with Crippen LogP contribution in [0.5, 0.6) is 0 Å². The van der Waals surface area contributed by atoms with Crippen molar-refractivity contribution in [3.63, 3.8) is 0 Å². The van der Waals surface area contributed by atoms with E-state index in [2.05, 4.69) is 17.2 Å². The number of carbonyl (C=O) groups excluding carboxylic acids is 2. The molecule has 4 heteroatoms. The molecule has 0 spiro atoms. The van der Waals surface area contributed by atoms with Crippen LogP contribution in [0, 0.1) is 17.3 Å². The van der Waals surface area contributed by atoms with Gasteiger partial charge in [-0.25, -0.2) is 0 Å². The lowest BCUT2D eigenvalue weighted by Crippen LogP contribution is -2.42. The Balaban J connectivity index is 4.07. The van der Waals surface area contributed by atoms with E-state index < -0.39 is 17.2 Å². The third-order valence-corrected chi connectivity index (χ3v) is 1.60. The van der Waals surface area contributed by atoms with Crippen molar-refractivity contribution in [2.75, 3.05) is 6.54 Å². The Morgan fingerprint density at radius 1 is 1.46 bits per heavy atom. The summed E-state index contributed by atoms with van der Waals surface area (Å²) in [7, 11) is 0. The van der Waals surface area contributed by atoms with E-state index in [-0.39, 0.29) is 6.54 Å². The van der Waals surface area contributed by atoms with Crippen LogP contribution in [0.4, 0.5) is 0 Å². The molecule has 0 aliphatic rings. The summed E-state index contributed by atoms with van der Waals surface area (Å²) in [6, 6.07) is 0. The SMILES string of the molecule is CC#CC(=O)NCC(C)(C)C(N)=O. The van der Waals surface area contributed by atoms with Gasteiger partial charge in [0.15, 0.2) is 0 Å². The van der Waals surface area contributed by atoms with Crippen LogP contribution in [-0.2, 0) is 9.59 Å². The van der Waals surface area contributed by atoms with E-state index in [0.717, 1.165) is 0 Å². The third kappa shape index (κ3) is 4.16. The lowest BCUT2D eigenvalue weighted by molar-refractivity contribution is -0.126. The van der Waals surface area contributed by atoms with Crippen LogP contribution >= 0.6 is 0 Å². The zero-order chi connectivity index (χ0) is 10.5. The van der Waals surface area contributed by atoms with Crippen LogP contribution in [0.1, 0.15) is 20.8 Å². The number of amides is 2. The van der Waals surface area contributed by atoms with E-state index in [1.807, 2.05) is 0 Å². The third-order valence-electron chi connectivity index (χ3n) is 1.60. The van der Waals surface area contributed by atoms with Gasteiger partial charge in [-0.15, -0.1) is 0 Å². The van der Waals surface area contributed by atoms with Gasteiger partial charge in [0.2, 0.25) is 5.91 Å². The minimum absolute atomic E-state index is 0.204. The zero-order valence-corrected chi connectivity index (χ0v) is 8.10. The summed E-state index contributed by atoms with van der Waals surface area (Å²) in [5, 5.41) is 2.49. The number of nitrogens with two attached hydrogens (primary N) is 1. The maximum absolute atomic E-state index is 10.9. The van der Waals surface area contributed by atoms with Gasteiger partial charge in [0.05, 0.1) is 5.41 Å². The lowest BCUT2D eigenvalue weighted by atomic mass is 9.93. The Bertz CT molecular complexity index is 271. The second kappa shape index (κ2) is 4.51. The first-order valence-electron chi connectivity index (χ1n) is 3.90. The number of hydrogen-bond acceptors (Lipinski definition) is 2. The van der Waals surface area contributed by atoms with Crippen LogP contribution in [0.15, 0.2) is 0 Å². The lowest BCUT2D eigenvalue weighted by Gasteiger charge is -2.19. The van der Waals surface area contributed by atoms with E-state index in [1.54, 1.807) is 20.8 Å². The molecule has 2 amide bonds. The molecule has 0 saturated carbocycles. The van der Waals surface area contributed by atoms with Gasteiger partial charge >= 0.3 is 0 Å². The smallest absolute Gasteiger partial charge is 0.295 e. The van der Waals surface area contributed by atoms with E-state index >= 15 is 0 Å². The Morgan fingerprint density at radius 2 is 2.00 bits per heavy atom. The Labute approximate surface area is 77.9 Å². The molecule has 0 aromatic heterocycles. The molecule has 0 rings (SSSR count). The van der Waals surface area contributed by atoms with Crippen molar-refractivity contribution in [2.24, 2.45) is 11.1 Å². The Morgan fingerprint density at radius 3 is 2.38 bits per heavy atom. The molecular formula is C9H14N2O2. The molecule has 0 unspecified atom stereocenters. The highest BCUT2D eigenvalue weighted by Gasteiger charge is 2.24. The highest BCUT2D eigenvalue weighted by Crippen LogP contribution is 2.11. The summed E-state index contributed by atoms with van der Waals surface area (Å²) < 4.78 is 0. The second-order valence-corrected chi connectivity index (χ2v) is 3.31. The van der Waals surface area contributed by atoms with E-state index in [4.69, 9.17) is 5.73 Å². The van der Waals surface area contributed by atoms with E-state index in [9.17, 15) is 9.59 Å². The van der Waals surface area contributed by atoms with Gasteiger partial charge in [-0.2, -0.15) is 0 Å². The van der Waals surface area contributed by atoms with Crippen LogP contribution in [0.3, 0.4) is 0 Å². The predicted octanol–water partition coefficient (Wildman–Crippen LogP) is -0.363. The monoisotopic (exact) mass is 182 g/mol. The van der Waals surface area contributed by atoms with Crippen LogP contribution in [0.2, 0.25) is 0 Å². The molecule has 0 atom stereocenters. The Kier molecular flexibility index (Phi) is 3.99. The molecular weight excluding hydrogens is 168 g/mol. The largest absolute Gasteiger partial charge is 0.369 e. The van der Waals surface area contributed by atoms with Gasteiger partial charge in [-0.1, -0.05) is 5.92 Å². The highest BCUT2D eigenvalue weighted by molar-refractivity contribution is 5.93. The van der Waals surface area contributed by atoms with Crippen LogP contribution < -0.4 is 11.1 Å². The van der Waals surface area contributed by atoms with E-state index in [0.29, 0.717) is 0 Å². The molecule has 0 aromatic rings. The molecule has 0 fully saturated rings. The maximum atomic E-state index is 10.9. The van der Waals surface area contributed by atoms with Gasteiger partial charge in [-0.3, -0.25) is 9.59 Å². The molecule has 4 nitrogen and oxygen atoms in total. The van der Waals surface area contributed by atoms with Gasteiger partial charge in [0.25, 0.3) is 5.91 Å². The molecule has 0 radical (unpaired) electrons. The molecule has 0 aliphatic carbocycles. The van der Waals surface area contributed by atoms with Gasteiger partial charge in [-0.05, 0) is 26.7 Å². The van der Waals surface area contributed by atoms with Gasteiger partial charge < -0.3 is 11.1 Å². The molecule has 0 heterocycles. The zero-order valence-electron chi connectivity index (χ0n) is 8.10. The standard InChI is InChI=1S/C9H14N2O2/c1-4-5-7(12)11-6-9(2,3)8(10)13/h6H2,1-3H3,(H2,10,13)(H,11,12). The first-order valence-corrected chi connectivity index (χ1v) is 3.90. The summed E-state index contributed by atoms with van der Waals surface area (Å²) in [6.07, 6.45) is 0. The number of rotatable bonds is 3. The van der Waals surface area contributed by atoms with Crippen LogP contribution in [-0.4, -0.2) is 18.4 Å². The second-order valence-electron chi connectivity index (χ2n) is 3.31. The first-order chi connectivity index (χ1) is 5.90. The number of carbonyl (C=O) groups is 2. The molecule has 0 aliphatic heterocycles. The molecule has 0 saturated heterocycles. The Hall–Kier alpha value is -1.50. The number of nitrogens with one attached hydrogen (secondary N) is 1. The van der Waals surface area contributed by atoms with E-state index in [1.165, 1.54) is 0 Å². The van der Waals surface area contributed by atoms with Crippen LogP contribution in [0.25, 0.3) is 0 Å². The molecule has 3 N–H and O–H groups in total. The van der Waals surface area contributed by atoms with Crippen molar-refractivity contribution in [3.8, 4) is 11.8 Å². The molecule has 0 bridgehead atoms. The summed E-state index contributed by atoms with van der Waals surface area (Å²) in [4.78, 5) is 21.7. The summed E-state index contributed by atoms with van der Waals surface area (Å²) in [5.41, 5.74) is 4.37. The van der Waals surface area contributed by atoms with Crippen molar-refractivity contribution >= 4 is 11.8 Å². The highest BCUT2D eigenvalue weighted by atomic mass is 16.2. The molecule has 13 heavy (non-hydrogen) atoms. The average Bonchev–Trinajstić information content (AvgIpc) is 2.01. The van der Waals surface area contributed by atoms with Crippen molar-refractivity contribution in [3.05, 3.63) is 0 Å². The fourth-order valence-corrected chi connectivity index (χ4v) is 0.546. The number of hydrogen-bond donors (Lipinski definition) is 2. The summed E-state index contributed by atoms with van der Waals surface area (Å²) >= 11 is 0. The minimum atomic E-state index is -0.731. The first kappa shape index (κ1) is 11.5. The normalized spacial score (nSPS) is 9.77.